The Morgan fingerprint density at radius 2 is 1.93 bits per heavy atom. The maximum atomic E-state index is 12.2. The van der Waals surface area contributed by atoms with Gasteiger partial charge >= 0.3 is 0 Å². The number of amides is 1. The van der Waals surface area contributed by atoms with Gasteiger partial charge < -0.3 is 10.6 Å². The number of hydrogen-bond donors (Lipinski definition) is 1. The number of rotatable bonds is 3. The highest BCUT2D eigenvalue weighted by Crippen LogP contribution is 2.37. The molecule has 1 amide bonds. The van der Waals surface area contributed by atoms with Crippen LogP contribution in [0.3, 0.4) is 0 Å². The Bertz CT molecular complexity index is 259. The van der Waals surface area contributed by atoms with Crippen molar-refractivity contribution in [1.29, 1.82) is 0 Å². The van der Waals surface area contributed by atoms with Gasteiger partial charge in [0.15, 0.2) is 0 Å². The molecule has 0 aromatic heterocycles. The van der Waals surface area contributed by atoms with E-state index in [0.29, 0.717) is 11.5 Å². The molecule has 0 aliphatic heterocycles. The maximum Gasteiger partial charge on any atom is 0.228 e. The first-order valence-electron chi connectivity index (χ1n) is 5.49. The van der Waals surface area contributed by atoms with E-state index >= 15 is 0 Å². The van der Waals surface area contributed by atoms with Crippen molar-refractivity contribution in [2.45, 2.75) is 39.0 Å². The molecule has 4 heteroatoms. The molecule has 0 bridgehead atoms. The van der Waals surface area contributed by atoms with Crippen LogP contribution in [0.25, 0.3) is 0 Å². The van der Waals surface area contributed by atoms with Gasteiger partial charge in [0.1, 0.15) is 0 Å². The summed E-state index contributed by atoms with van der Waals surface area (Å²) in [5.41, 5.74) is 5.26. The Morgan fingerprint density at radius 3 is 2.40 bits per heavy atom. The summed E-state index contributed by atoms with van der Waals surface area (Å²) in [5.74, 6) is 0.190. The summed E-state index contributed by atoms with van der Waals surface area (Å²) in [6.45, 7) is 2.45. The van der Waals surface area contributed by atoms with Crippen molar-refractivity contribution in [3.8, 4) is 0 Å². The zero-order valence-corrected chi connectivity index (χ0v) is 10.4. The fraction of sp³-hybridized carbons (Fsp3) is 0.818. The monoisotopic (exact) mass is 228 g/mol. The van der Waals surface area contributed by atoms with Crippen molar-refractivity contribution in [3.05, 3.63) is 0 Å². The number of nitrogens with zero attached hydrogens (tertiary/aromatic N) is 1. The van der Waals surface area contributed by atoms with Crippen LogP contribution in [-0.2, 0) is 4.79 Å². The maximum absolute atomic E-state index is 12.2. The van der Waals surface area contributed by atoms with E-state index in [1.165, 1.54) is 6.42 Å². The minimum Gasteiger partial charge on any atom is -0.392 e. The molecule has 0 heterocycles. The number of thiocarbonyl (C=S) groups is 1. The van der Waals surface area contributed by atoms with E-state index < -0.39 is 0 Å². The molecular formula is C11H20N2OS. The second-order valence-electron chi connectivity index (χ2n) is 4.75. The molecule has 0 atom stereocenters. The highest BCUT2D eigenvalue weighted by Gasteiger charge is 2.36. The molecule has 1 fully saturated rings. The van der Waals surface area contributed by atoms with Gasteiger partial charge in [0.05, 0.1) is 11.5 Å². The SMILES string of the molecule is CN(CC(N)=S)C(=O)C1(C)CCCCC1. The zero-order valence-electron chi connectivity index (χ0n) is 9.58. The highest BCUT2D eigenvalue weighted by molar-refractivity contribution is 7.80. The minimum absolute atomic E-state index is 0.183. The molecule has 86 valence electrons. The number of carbonyl (C=O) groups is 1. The van der Waals surface area contributed by atoms with Crippen molar-refractivity contribution in [1.82, 2.24) is 4.90 Å². The van der Waals surface area contributed by atoms with Gasteiger partial charge in [0.25, 0.3) is 0 Å². The summed E-state index contributed by atoms with van der Waals surface area (Å²) < 4.78 is 0. The third kappa shape index (κ3) is 3.16. The Labute approximate surface area is 97.0 Å². The minimum atomic E-state index is -0.183. The lowest BCUT2D eigenvalue weighted by molar-refractivity contribution is -0.140. The Hall–Kier alpha value is -0.640. The molecule has 0 aromatic rings. The Morgan fingerprint density at radius 1 is 1.40 bits per heavy atom. The van der Waals surface area contributed by atoms with Crippen LogP contribution in [-0.4, -0.2) is 29.4 Å². The van der Waals surface area contributed by atoms with E-state index in [1.807, 2.05) is 0 Å². The highest BCUT2D eigenvalue weighted by atomic mass is 32.1. The third-order valence-electron chi connectivity index (χ3n) is 3.21. The number of nitrogens with two attached hydrogens (primary N) is 1. The molecule has 0 aromatic carbocycles. The predicted octanol–water partition coefficient (Wildman–Crippen LogP) is 1.70. The first kappa shape index (κ1) is 12.4. The Kier molecular flexibility index (Phi) is 4.08. The van der Waals surface area contributed by atoms with Gasteiger partial charge in [0, 0.05) is 12.5 Å². The topological polar surface area (TPSA) is 46.3 Å². The second kappa shape index (κ2) is 4.92. The lowest BCUT2D eigenvalue weighted by Gasteiger charge is -2.35. The van der Waals surface area contributed by atoms with E-state index in [0.717, 1.165) is 25.7 Å². The van der Waals surface area contributed by atoms with Crippen LogP contribution in [0.1, 0.15) is 39.0 Å². The predicted molar refractivity (Wildman–Crippen MR) is 65.6 cm³/mol. The molecule has 0 spiro atoms. The Balaban J connectivity index is 2.61. The third-order valence-corrected chi connectivity index (χ3v) is 3.34. The van der Waals surface area contributed by atoms with Crippen molar-refractivity contribution in [2.24, 2.45) is 11.1 Å². The molecule has 0 unspecified atom stereocenters. The molecule has 1 aliphatic carbocycles. The first-order valence-corrected chi connectivity index (χ1v) is 5.90. The van der Waals surface area contributed by atoms with Crippen LogP contribution in [0.2, 0.25) is 0 Å². The van der Waals surface area contributed by atoms with Crippen molar-refractivity contribution < 1.29 is 4.79 Å². The van der Waals surface area contributed by atoms with E-state index in [4.69, 9.17) is 18.0 Å². The molecule has 0 saturated heterocycles. The molecule has 15 heavy (non-hydrogen) atoms. The fourth-order valence-electron chi connectivity index (χ4n) is 2.31. The fourth-order valence-corrected chi connectivity index (χ4v) is 2.51. The van der Waals surface area contributed by atoms with E-state index in [2.05, 4.69) is 6.92 Å². The van der Waals surface area contributed by atoms with Gasteiger partial charge in [-0.2, -0.15) is 0 Å². The lowest BCUT2D eigenvalue weighted by Crippen LogP contribution is -2.44. The van der Waals surface area contributed by atoms with E-state index in [-0.39, 0.29) is 11.3 Å². The van der Waals surface area contributed by atoms with Gasteiger partial charge in [-0.15, -0.1) is 0 Å². The van der Waals surface area contributed by atoms with Crippen LogP contribution in [0.4, 0.5) is 0 Å². The van der Waals surface area contributed by atoms with Crippen molar-refractivity contribution >= 4 is 23.1 Å². The van der Waals surface area contributed by atoms with Gasteiger partial charge in [-0.05, 0) is 12.8 Å². The van der Waals surface area contributed by atoms with E-state index in [1.54, 1.807) is 11.9 Å². The van der Waals surface area contributed by atoms with Crippen molar-refractivity contribution in [2.75, 3.05) is 13.6 Å². The standard InChI is InChI=1S/C11H20N2OS/c1-11(6-4-3-5-7-11)10(14)13(2)8-9(12)15/h3-8H2,1-2H3,(H2,12,15). The van der Waals surface area contributed by atoms with Crippen LogP contribution in [0.15, 0.2) is 0 Å². The molecule has 1 aliphatic rings. The largest absolute Gasteiger partial charge is 0.392 e. The second-order valence-corrected chi connectivity index (χ2v) is 5.27. The van der Waals surface area contributed by atoms with Crippen LogP contribution < -0.4 is 5.73 Å². The summed E-state index contributed by atoms with van der Waals surface area (Å²) in [5, 5.41) is 0. The quantitative estimate of drug-likeness (QED) is 0.748. The number of likely N-dealkylation sites (N-methyl/N-ethyl adjacent to an activating group) is 1. The van der Waals surface area contributed by atoms with E-state index in [9.17, 15) is 4.79 Å². The summed E-state index contributed by atoms with van der Waals surface area (Å²) in [7, 11) is 1.78. The van der Waals surface area contributed by atoms with Crippen LogP contribution in [0.5, 0.6) is 0 Å². The smallest absolute Gasteiger partial charge is 0.228 e. The summed E-state index contributed by atoms with van der Waals surface area (Å²) in [6, 6.07) is 0. The van der Waals surface area contributed by atoms with Crippen LogP contribution in [0, 0.1) is 5.41 Å². The first-order chi connectivity index (χ1) is 6.96. The molecule has 2 N–H and O–H groups in total. The molecular weight excluding hydrogens is 208 g/mol. The van der Waals surface area contributed by atoms with Gasteiger partial charge in [-0.3, -0.25) is 4.79 Å². The summed E-state index contributed by atoms with van der Waals surface area (Å²) >= 11 is 4.81. The number of carbonyl (C=O) groups excluding carboxylic acids is 1. The summed E-state index contributed by atoms with van der Waals surface area (Å²) in [6.07, 6.45) is 5.55. The summed E-state index contributed by atoms with van der Waals surface area (Å²) in [4.78, 5) is 14.2. The molecule has 1 saturated carbocycles. The number of hydrogen-bond acceptors (Lipinski definition) is 2. The van der Waals surface area contributed by atoms with Crippen molar-refractivity contribution in [3.63, 3.8) is 0 Å². The molecule has 1 rings (SSSR count). The van der Waals surface area contributed by atoms with Gasteiger partial charge in [-0.25, -0.2) is 0 Å². The van der Waals surface area contributed by atoms with Gasteiger partial charge in [0.2, 0.25) is 5.91 Å². The molecule has 0 radical (unpaired) electrons. The normalized spacial score (nSPS) is 19.6. The van der Waals surface area contributed by atoms with Gasteiger partial charge in [-0.1, -0.05) is 38.4 Å². The average Bonchev–Trinajstić information content (AvgIpc) is 2.16. The zero-order chi connectivity index (χ0) is 11.5. The molecule has 3 nitrogen and oxygen atoms in total. The lowest BCUT2D eigenvalue weighted by atomic mass is 9.75. The van der Waals surface area contributed by atoms with Crippen LogP contribution >= 0.6 is 12.2 Å². The average molecular weight is 228 g/mol.